The second kappa shape index (κ2) is 7.05. The van der Waals surface area contributed by atoms with Crippen LogP contribution in [0.2, 0.25) is 0 Å². The van der Waals surface area contributed by atoms with E-state index >= 15 is 0 Å². The van der Waals surface area contributed by atoms with E-state index in [9.17, 15) is 5.11 Å². The van der Waals surface area contributed by atoms with E-state index in [0.717, 1.165) is 47.5 Å². The molecule has 2 aromatic carbocycles. The molecular weight excluding hydrogens is 350 g/mol. The molecule has 0 radical (unpaired) electrons. The Balaban J connectivity index is 1.62. The number of hydrogen-bond acceptors (Lipinski definition) is 6. The minimum Gasteiger partial charge on any atom is -0.507 e. The zero-order chi connectivity index (χ0) is 18.9. The third-order valence-electron chi connectivity index (χ3n) is 5.18. The molecular formula is C22H21N5O. The van der Waals surface area contributed by atoms with Crippen molar-refractivity contribution in [1.82, 2.24) is 15.3 Å². The first-order chi connectivity index (χ1) is 13.8. The molecule has 1 aromatic heterocycles. The molecule has 28 heavy (non-hydrogen) atoms. The fourth-order valence-corrected chi connectivity index (χ4v) is 3.71. The van der Waals surface area contributed by atoms with Gasteiger partial charge in [-0.15, -0.1) is 0 Å². The summed E-state index contributed by atoms with van der Waals surface area (Å²) >= 11 is 0. The number of phenols is 1. The van der Waals surface area contributed by atoms with E-state index < -0.39 is 0 Å². The van der Waals surface area contributed by atoms with Crippen LogP contribution in [-0.4, -0.2) is 46.5 Å². The van der Waals surface area contributed by atoms with Gasteiger partial charge in [0.25, 0.3) is 0 Å². The fourth-order valence-electron chi connectivity index (χ4n) is 3.71. The maximum absolute atomic E-state index is 10.5. The molecule has 3 aromatic rings. The minimum absolute atomic E-state index is 0.162. The van der Waals surface area contributed by atoms with Gasteiger partial charge in [-0.1, -0.05) is 18.2 Å². The lowest BCUT2D eigenvalue weighted by Gasteiger charge is -2.16. The van der Waals surface area contributed by atoms with Crippen LogP contribution in [0.4, 0.5) is 5.82 Å². The molecule has 6 heteroatoms. The lowest BCUT2D eigenvalue weighted by atomic mass is 10.0. The minimum atomic E-state index is 0.162. The number of benzene rings is 2. The summed E-state index contributed by atoms with van der Waals surface area (Å²) in [6, 6.07) is 13.8. The zero-order valence-corrected chi connectivity index (χ0v) is 15.4. The van der Waals surface area contributed by atoms with Crippen LogP contribution >= 0.6 is 0 Å². The molecule has 2 aliphatic heterocycles. The second-order valence-electron chi connectivity index (χ2n) is 7.11. The SMILES string of the molecule is Oc1ccc(C2=NCC=C2)cc1-c1nc(N[C@H]2CCNC2)c2ccccc2n1. The number of phenolic OH excluding ortho intramolecular Hbond substituents is 1. The molecule has 0 amide bonds. The highest BCUT2D eigenvalue weighted by Gasteiger charge is 2.18. The lowest BCUT2D eigenvalue weighted by Crippen LogP contribution is -2.23. The largest absolute Gasteiger partial charge is 0.507 e. The van der Waals surface area contributed by atoms with Crippen LogP contribution < -0.4 is 10.6 Å². The maximum Gasteiger partial charge on any atom is 0.165 e. The van der Waals surface area contributed by atoms with E-state index in [4.69, 9.17) is 9.97 Å². The summed E-state index contributed by atoms with van der Waals surface area (Å²) in [5.41, 5.74) is 3.33. The van der Waals surface area contributed by atoms with Crippen LogP contribution in [0.15, 0.2) is 59.6 Å². The van der Waals surface area contributed by atoms with E-state index in [1.54, 1.807) is 6.07 Å². The molecule has 2 aliphatic rings. The van der Waals surface area contributed by atoms with Crippen LogP contribution in [0, 0.1) is 0 Å². The number of nitrogens with zero attached hydrogens (tertiary/aromatic N) is 3. The van der Waals surface area contributed by atoms with Crippen molar-refractivity contribution in [3.8, 4) is 17.1 Å². The summed E-state index contributed by atoms with van der Waals surface area (Å²) < 4.78 is 0. The molecule has 140 valence electrons. The van der Waals surface area contributed by atoms with Gasteiger partial charge in [-0.3, -0.25) is 4.99 Å². The number of aromatic nitrogens is 2. The number of hydrogen-bond donors (Lipinski definition) is 3. The molecule has 5 rings (SSSR count). The van der Waals surface area contributed by atoms with Gasteiger partial charge in [0.05, 0.1) is 23.3 Å². The van der Waals surface area contributed by atoms with Crippen molar-refractivity contribution in [2.45, 2.75) is 12.5 Å². The number of anilines is 1. The Morgan fingerprint density at radius 3 is 2.86 bits per heavy atom. The Morgan fingerprint density at radius 2 is 2.04 bits per heavy atom. The molecule has 0 spiro atoms. The normalized spacial score (nSPS) is 18.6. The lowest BCUT2D eigenvalue weighted by molar-refractivity contribution is 0.477. The average molecular weight is 371 g/mol. The highest BCUT2D eigenvalue weighted by atomic mass is 16.3. The first-order valence-corrected chi connectivity index (χ1v) is 9.57. The van der Waals surface area contributed by atoms with Crippen LogP contribution in [-0.2, 0) is 0 Å². The fraction of sp³-hybridized carbons (Fsp3) is 0.227. The van der Waals surface area contributed by atoms with E-state index in [2.05, 4.69) is 15.6 Å². The van der Waals surface area contributed by atoms with Crippen molar-refractivity contribution in [2.75, 3.05) is 25.0 Å². The first-order valence-electron chi connectivity index (χ1n) is 9.57. The average Bonchev–Trinajstić information content (AvgIpc) is 3.42. The predicted octanol–water partition coefficient (Wildman–Crippen LogP) is 3.14. The summed E-state index contributed by atoms with van der Waals surface area (Å²) in [5.74, 6) is 1.47. The molecule has 6 nitrogen and oxygen atoms in total. The number of aliphatic imine (C=N–C) groups is 1. The summed E-state index contributed by atoms with van der Waals surface area (Å²) in [4.78, 5) is 14.0. The van der Waals surface area contributed by atoms with Crippen molar-refractivity contribution in [3.63, 3.8) is 0 Å². The van der Waals surface area contributed by atoms with Gasteiger partial charge in [-0.2, -0.15) is 0 Å². The number of nitrogens with one attached hydrogen (secondary N) is 2. The highest BCUT2D eigenvalue weighted by molar-refractivity contribution is 6.10. The van der Waals surface area contributed by atoms with Crippen molar-refractivity contribution < 1.29 is 5.11 Å². The Hall–Kier alpha value is -3.25. The quantitative estimate of drug-likeness (QED) is 0.656. The topological polar surface area (TPSA) is 82.4 Å². The van der Waals surface area contributed by atoms with Crippen molar-refractivity contribution >= 4 is 22.4 Å². The monoisotopic (exact) mass is 371 g/mol. The number of aromatic hydroxyl groups is 1. The number of para-hydroxylation sites is 1. The Bertz CT molecular complexity index is 1100. The van der Waals surface area contributed by atoms with Gasteiger partial charge in [0.15, 0.2) is 5.82 Å². The van der Waals surface area contributed by atoms with Gasteiger partial charge in [-0.05, 0) is 49.4 Å². The number of fused-ring (bicyclic) bond motifs is 1. The molecule has 0 bridgehead atoms. The molecule has 0 aliphatic carbocycles. The molecule has 0 unspecified atom stereocenters. The van der Waals surface area contributed by atoms with Crippen LogP contribution in [0.3, 0.4) is 0 Å². The molecule has 3 heterocycles. The van der Waals surface area contributed by atoms with Crippen LogP contribution in [0.25, 0.3) is 22.3 Å². The molecule has 1 atom stereocenters. The van der Waals surface area contributed by atoms with Gasteiger partial charge >= 0.3 is 0 Å². The summed E-state index contributed by atoms with van der Waals surface area (Å²) in [5, 5.41) is 18.4. The van der Waals surface area contributed by atoms with Crippen LogP contribution in [0.1, 0.15) is 12.0 Å². The third kappa shape index (κ3) is 3.12. The number of rotatable bonds is 4. The van der Waals surface area contributed by atoms with E-state index in [1.165, 1.54) is 0 Å². The first kappa shape index (κ1) is 16.9. The smallest absolute Gasteiger partial charge is 0.165 e. The van der Waals surface area contributed by atoms with Crippen LogP contribution in [0.5, 0.6) is 5.75 Å². The van der Waals surface area contributed by atoms with E-state index in [0.29, 0.717) is 24.0 Å². The van der Waals surface area contributed by atoms with Gasteiger partial charge in [0.1, 0.15) is 11.6 Å². The van der Waals surface area contributed by atoms with E-state index in [1.807, 2.05) is 48.6 Å². The molecule has 3 N–H and O–H groups in total. The Morgan fingerprint density at radius 1 is 1.11 bits per heavy atom. The van der Waals surface area contributed by atoms with Crippen molar-refractivity contribution in [2.24, 2.45) is 4.99 Å². The van der Waals surface area contributed by atoms with Gasteiger partial charge in [0, 0.05) is 23.5 Å². The van der Waals surface area contributed by atoms with Crippen molar-refractivity contribution in [1.29, 1.82) is 0 Å². The van der Waals surface area contributed by atoms with Gasteiger partial charge in [0.2, 0.25) is 0 Å². The van der Waals surface area contributed by atoms with Gasteiger partial charge < -0.3 is 15.7 Å². The third-order valence-corrected chi connectivity index (χ3v) is 5.18. The number of allylic oxidation sites excluding steroid dienone is 1. The predicted molar refractivity (Wildman–Crippen MR) is 112 cm³/mol. The summed E-state index contributed by atoms with van der Waals surface area (Å²) in [6.45, 7) is 2.62. The second-order valence-corrected chi connectivity index (χ2v) is 7.11. The zero-order valence-electron chi connectivity index (χ0n) is 15.4. The molecule has 1 saturated heterocycles. The Kier molecular flexibility index (Phi) is 4.25. The van der Waals surface area contributed by atoms with Gasteiger partial charge in [-0.25, -0.2) is 9.97 Å². The summed E-state index contributed by atoms with van der Waals surface area (Å²) in [7, 11) is 0. The molecule has 1 fully saturated rings. The van der Waals surface area contributed by atoms with E-state index in [-0.39, 0.29) is 5.75 Å². The maximum atomic E-state index is 10.5. The summed E-state index contributed by atoms with van der Waals surface area (Å²) in [6.07, 6.45) is 5.07. The highest BCUT2D eigenvalue weighted by Crippen LogP contribution is 2.32. The Labute approximate surface area is 163 Å². The standard InChI is InChI=1S/C22H21N5O/c28-20-8-7-14(18-6-3-10-24-18)12-17(20)22-26-19-5-2-1-4-16(19)21(27-22)25-15-9-11-23-13-15/h1-8,12,15,23,28H,9-11,13H2,(H,25,26,27)/t15-/m0/s1. The van der Waals surface area contributed by atoms with Crippen molar-refractivity contribution in [3.05, 3.63) is 60.2 Å². The molecule has 0 saturated carbocycles.